The van der Waals surface area contributed by atoms with E-state index in [0.717, 1.165) is 29.0 Å². The third kappa shape index (κ3) is 5.52. The largest absolute Gasteiger partial charge is 0.493 e. The number of hydrogen-bond acceptors (Lipinski definition) is 5. The van der Waals surface area contributed by atoms with Gasteiger partial charge in [-0.05, 0) is 43.2 Å². The predicted molar refractivity (Wildman–Crippen MR) is 128 cm³/mol. The Hall–Kier alpha value is -2.57. The van der Waals surface area contributed by atoms with Gasteiger partial charge in [-0.25, -0.2) is 0 Å². The lowest BCUT2D eigenvalue weighted by atomic mass is 10.1. The number of carbonyl (C=O) groups is 1. The van der Waals surface area contributed by atoms with Gasteiger partial charge in [-0.3, -0.25) is 9.69 Å². The molecule has 0 spiro atoms. The molecule has 0 N–H and O–H groups in total. The molecule has 1 amide bonds. The van der Waals surface area contributed by atoms with Crippen LogP contribution in [0.2, 0.25) is 0 Å². The van der Waals surface area contributed by atoms with Gasteiger partial charge in [0.1, 0.15) is 15.8 Å². The number of nitrogens with zero attached hydrogens (tertiary/aromatic N) is 1. The second kappa shape index (κ2) is 10.5. The fraction of sp³-hybridized carbons (Fsp3) is 0.250. The summed E-state index contributed by atoms with van der Waals surface area (Å²) in [5.41, 5.74) is 3.16. The zero-order valence-electron chi connectivity index (χ0n) is 17.2. The lowest BCUT2D eigenvalue weighted by Crippen LogP contribution is -2.27. The van der Waals surface area contributed by atoms with Crippen molar-refractivity contribution in [1.29, 1.82) is 0 Å². The fourth-order valence-electron chi connectivity index (χ4n) is 2.94. The van der Waals surface area contributed by atoms with Crippen LogP contribution in [0.3, 0.4) is 0 Å². The average molecular weight is 440 g/mol. The number of thioether (sulfide) groups is 1. The van der Waals surface area contributed by atoms with Crippen molar-refractivity contribution in [1.82, 2.24) is 4.90 Å². The smallest absolute Gasteiger partial charge is 0.266 e. The maximum absolute atomic E-state index is 12.6. The SMILES string of the molecule is C=CCN1C(=O)C(=Cc2ccccc2OCCCOc2cc(C)ccc2C)SC1=S. The third-order valence-corrected chi connectivity index (χ3v) is 5.92. The number of aryl methyl sites for hydroxylation is 2. The molecule has 3 rings (SSSR count). The molecule has 30 heavy (non-hydrogen) atoms. The first-order chi connectivity index (χ1) is 14.5. The topological polar surface area (TPSA) is 38.8 Å². The second-order valence-electron chi connectivity index (χ2n) is 6.94. The molecule has 4 nitrogen and oxygen atoms in total. The summed E-state index contributed by atoms with van der Waals surface area (Å²) in [5.74, 6) is 1.55. The van der Waals surface area contributed by atoms with E-state index in [0.29, 0.717) is 29.0 Å². The van der Waals surface area contributed by atoms with Crippen LogP contribution in [0, 0.1) is 13.8 Å². The normalized spacial score (nSPS) is 15.0. The zero-order valence-corrected chi connectivity index (χ0v) is 18.9. The summed E-state index contributed by atoms with van der Waals surface area (Å²) in [6.07, 6.45) is 4.26. The standard InChI is InChI=1S/C24H25NO3S2/c1-4-12-25-23(26)22(30-24(25)29)16-19-8-5-6-9-20(19)27-13-7-14-28-21-15-17(2)10-11-18(21)3/h4-6,8-11,15-16H,1,7,12-14H2,2-3H3. The lowest BCUT2D eigenvalue weighted by Gasteiger charge is -2.12. The Morgan fingerprint density at radius 3 is 2.60 bits per heavy atom. The zero-order chi connectivity index (χ0) is 21.5. The molecular weight excluding hydrogens is 414 g/mol. The van der Waals surface area contributed by atoms with Crippen LogP contribution < -0.4 is 9.47 Å². The Morgan fingerprint density at radius 2 is 1.83 bits per heavy atom. The van der Waals surface area contributed by atoms with Gasteiger partial charge in [0.2, 0.25) is 0 Å². The highest BCUT2D eigenvalue weighted by Crippen LogP contribution is 2.34. The van der Waals surface area contributed by atoms with Crippen molar-refractivity contribution < 1.29 is 14.3 Å². The molecule has 2 aromatic carbocycles. The highest BCUT2D eigenvalue weighted by molar-refractivity contribution is 8.26. The van der Waals surface area contributed by atoms with Gasteiger partial charge < -0.3 is 9.47 Å². The van der Waals surface area contributed by atoms with Crippen LogP contribution in [0.25, 0.3) is 6.08 Å². The van der Waals surface area contributed by atoms with Gasteiger partial charge >= 0.3 is 0 Å². The van der Waals surface area contributed by atoms with Crippen LogP contribution in [-0.2, 0) is 4.79 Å². The highest BCUT2D eigenvalue weighted by atomic mass is 32.2. The fourth-order valence-corrected chi connectivity index (χ4v) is 4.21. The minimum Gasteiger partial charge on any atom is -0.493 e. The minimum absolute atomic E-state index is 0.0957. The molecule has 156 valence electrons. The Kier molecular flexibility index (Phi) is 7.71. The molecule has 0 atom stereocenters. The van der Waals surface area contributed by atoms with E-state index in [1.165, 1.54) is 17.3 Å². The molecular formula is C24H25NO3S2. The molecule has 0 bridgehead atoms. The first-order valence-electron chi connectivity index (χ1n) is 9.77. The monoisotopic (exact) mass is 439 g/mol. The van der Waals surface area contributed by atoms with Crippen molar-refractivity contribution in [2.24, 2.45) is 0 Å². The average Bonchev–Trinajstić information content (AvgIpc) is 2.99. The van der Waals surface area contributed by atoms with Crippen molar-refractivity contribution in [3.63, 3.8) is 0 Å². The summed E-state index contributed by atoms with van der Waals surface area (Å²) in [5, 5.41) is 0. The second-order valence-corrected chi connectivity index (χ2v) is 8.61. The van der Waals surface area contributed by atoms with Crippen LogP contribution in [0.15, 0.2) is 60.0 Å². The Bertz CT molecular complexity index is 984. The highest BCUT2D eigenvalue weighted by Gasteiger charge is 2.31. The maximum atomic E-state index is 12.6. The van der Waals surface area contributed by atoms with Gasteiger partial charge in [-0.15, -0.1) is 6.58 Å². The van der Waals surface area contributed by atoms with E-state index in [1.54, 1.807) is 11.0 Å². The molecule has 0 aliphatic carbocycles. The number of amides is 1. The van der Waals surface area contributed by atoms with Gasteiger partial charge in [0.05, 0.1) is 18.1 Å². The van der Waals surface area contributed by atoms with Gasteiger partial charge in [0.15, 0.2) is 0 Å². The number of para-hydroxylation sites is 1. The van der Waals surface area contributed by atoms with Gasteiger partial charge in [-0.2, -0.15) is 0 Å². The molecule has 1 fully saturated rings. The molecule has 2 aromatic rings. The molecule has 0 aromatic heterocycles. The quantitative estimate of drug-likeness (QED) is 0.222. The van der Waals surface area contributed by atoms with E-state index in [9.17, 15) is 4.79 Å². The number of benzene rings is 2. The summed E-state index contributed by atoms with van der Waals surface area (Å²) in [4.78, 5) is 14.7. The molecule has 1 aliphatic heterocycles. The van der Waals surface area contributed by atoms with Crippen molar-refractivity contribution in [3.05, 3.63) is 76.7 Å². The summed E-state index contributed by atoms with van der Waals surface area (Å²) in [7, 11) is 0. The third-order valence-electron chi connectivity index (χ3n) is 4.54. The molecule has 1 heterocycles. The van der Waals surface area contributed by atoms with E-state index in [2.05, 4.69) is 25.6 Å². The van der Waals surface area contributed by atoms with Crippen molar-refractivity contribution in [3.8, 4) is 11.5 Å². The molecule has 6 heteroatoms. The number of ether oxygens (including phenoxy) is 2. The summed E-state index contributed by atoms with van der Waals surface area (Å²) < 4.78 is 12.4. The van der Waals surface area contributed by atoms with Crippen molar-refractivity contribution in [2.45, 2.75) is 20.3 Å². The van der Waals surface area contributed by atoms with Crippen LogP contribution in [0.5, 0.6) is 11.5 Å². The molecule has 0 radical (unpaired) electrons. The summed E-state index contributed by atoms with van der Waals surface area (Å²) in [6, 6.07) is 13.9. The first-order valence-corrected chi connectivity index (χ1v) is 11.0. The molecule has 1 saturated heterocycles. The summed E-state index contributed by atoms with van der Waals surface area (Å²) in [6.45, 7) is 9.29. The Labute approximate surface area is 187 Å². The lowest BCUT2D eigenvalue weighted by molar-refractivity contribution is -0.121. The van der Waals surface area contributed by atoms with Crippen LogP contribution >= 0.6 is 24.0 Å². The Balaban J connectivity index is 1.58. The van der Waals surface area contributed by atoms with Crippen molar-refractivity contribution in [2.75, 3.05) is 19.8 Å². The Morgan fingerprint density at radius 1 is 1.10 bits per heavy atom. The van der Waals surface area contributed by atoms with Gasteiger partial charge in [-0.1, -0.05) is 60.4 Å². The van der Waals surface area contributed by atoms with E-state index < -0.39 is 0 Å². The van der Waals surface area contributed by atoms with E-state index >= 15 is 0 Å². The number of carbonyl (C=O) groups excluding carboxylic acids is 1. The van der Waals surface area contributed by atoms with Crippen molar-refractivity contribution >= 4 is 40.3 Å². The van der Waals surface area contributed by atoms with Gasteiger partial charge in [0.25, 0.3) is 5.91 Å². The predicted octanol–water partition coefficient (Wildman–Crippen LogP) is 5.54. The number of hydrogen-bond donors (Lipinski definition) is 0. The minimum atomic E-state index is -0.0957. The van der Waals surface area contributed by atoms with E-state index in [-0.39, 0.29) is 5.91 Å². The first kappa shape index (κ1) is 22.1. The maximum Gasteiger partial charge on any atom is 0.266 e. The van der Waals surface area contributed by atoms with Crippen LogP contribution in [-0.4, -0.2) is 34.9 Å². The molecule has 0 saturated carbocycles. The van der Waals surface area contributed by atoms with Crippen LogP contribution in [0.4, 0.5) is 0 Å². The van der Waals surface area contributed by atoms with Crippen LogP contribution in [0.1, 0.15) is 23.1 Å². The van der Waals surface area contributed by atoms with E-state index in [1.807, 2.05) is 43.3 Å². The molecule has 1 aliphatic rings. The van der Waals surface area contributed by atoms with Gasteiger partial charge in [0, 0.05) is 18.5 Å². The van der Waals surface area contributed by atoms with E-state index in [4.69, 9.17) is 21.7 Å². The number of rotatable bonds is 9. The molecule has 0 unspecified atom stereocenters. The number of thiocarbonyl (C=S) groups is 1. The summed E-state index contributed by atoms with van der Waals surface area (Å²) >= 11 is 6.60.